The van der Waals surface area contributed by atoms with E-state index >= 15 is 0 Å². The molecule has 0 aromatic heterocycles. The van der Waals surface area contributed by atoms with Crippen LogP contribution in [-0.2, 0) is 19.5 Å². The zero-order valence-electron chi connectivity index (χ0n) is 2.03. The van der Waals surface area contributed by atoms with Crippen molar-refractivity contribution in [3.05, 3.63) is 0 Å². The third kappa shape index (κ3) is 13.7. The maximum atomic E-state index is 0. The Bertz CT molecular complexity index is 6.00. The van der Waals surface area contributed by atoms with Gasteiger partial charge in [0.25, 0.3) is 0 Å². The van der Waals surface area contributed by atoms with Crippen LogP contribution in [0.3, 0.4) is 0 Å². The van der Waals surface area contributed by atoms with E-state index in [4.69, 9.17) is 0 Å². The summed E-state index contributed by atoms with van der Waals surface area (Å²) in [4.78, 5) is 0. The van der Waals surface area contributed by atoms with Crippen LogP contribution in [0.2, 0.25) is 0 Å². The van der Waals surface area contributed by atoms with Gasteiger partial charge in [0, 0.05) is 0 Å². The predicted molar refractivity (Wildman–Crippen MR) is 5.55 cm³/mol. The third-order valence-electron chi connectivity index (χ3n) is 0. The topological polar surface area (TPSA) is 61.5 Å². The van der Waals surface area contributed by atoms with E-state index in [-0.39, 0.29) is 42.8 Å². The fraction of sp³-hybridized carbons (Fsp3) is 0. The third-order valence-corrected chi connectivity index (χ3v) is 0. The molecule has 4 heavy (non-hydrogen) atoms. The monoisotopic (exact) mass is 134 g/mol. The molecule has 0 rings (SSSR count). The first-order valence-electron chi connectivity index (χ1n) is 0. The molecular formula is H3ClO2Zn. The van der Waals surface area contributed by atoms with Crippen LogP contribution < -0.4 is 12.4 Å². The Labute approximate surface area is 43.4 Å². The van der Waals surface area contributed by atoms with Gasteiger partial charge in [-0.15, -0.1) is 0 Å². The van der Waals surface area contributed by atoms with E-state index in [9.17, 15) is 0 Å². The fourth-order valence-electron chi connectivity index (χ4n) is 0. The van der Waals surface area contributed by atoms with Crippen LogP contribution >= 0.6 is 0 Å². The van der Waals surface area contributed by atoms with Gasteiger partial charge in [-0.2, -0.15) is 0 Å². The standard InChI is InChI=1S/ClH.2H2O.Zn/h1H;2*1H2;/q;;;+2/p-2. The second-order valence-corrected chi connectivity index (χ2v) is 0. The van der Waals surface area contributed by atoms with Gasteiger partial charge in [0.15, 0.2) is 0 Å². The van der Waals surface area contributed by atoms with Crippen LogP contribution in [0.1, 0.15) is 0 Å². The van der Waals surface area contributed by atoms with Gasteiger partial charge in [-0.05, 0) is 0 Å². The molecule has 0 aromatic carbocycles. The first kappa shape index (κ1) is 102. The van der Waals surface area contributed by atoms with E-state index in [1.165, 1.54) is 0 Å². The molecule has 0 fully saturated rings. The minimum absolute atomic E-state index is 0. The summed E-state index contributed by atoms with van der Waals surface area (Å²) in [7, 11) is 0. The van der Waals surface area contributed by atoms with Crippen LogP contribution in [0.25, 0.3) is 0 Å². The molecule has 0 aliphatic heterocycles. The number of halogens is 1. The SMILES string of the molecule is O.[Cl-].[OH-].[Zn+2]. The zero-order chi connectivity index (χ0) is 0. The van der Waals surface area contributed by atoms with Crippen molar-refractivity contribution < 1.29 is 42.8 Å². The maximum absolute atomic E-state index is 0. The van der Waals surface area contributed by atoms with Crippen molar-refractivity contribution in [1.82, 2.24) is 0 Å². The summed E-state index contributed by atoms with van der Waals surface area (Å²) in [5.41, 5.74) is 0. The van der Waals surface area contributed by atoms with E-state index < -0.39 is 0 Å². The van der Waals surface area contributed by atoms with E-state index in [1.807, 2.05) is 0 Å². The normalized spacial score (nSPS) is 0. The molecule has 4 heteroatoms. The smallest absolute Gasteiger partial charge is 1.00 e. The first-order chi connectivity index (χ1) is 0. The van der Waals surface area contributed by atoms with Gasteiger partial charge in [0.05, 0.1) is 0 Å². The molecule has 0 aliphatic carbocycles. The summed E-state index contributed by atoms with van der Waals surface area (Å²) < 4.78 is 0. The average Bonchev–Trinajstić information content (AvgIpc) is 0. The Morgan fingerprint density at radius 3 is 1.00 bits per heavy atom. The summed E-state index contributed by atoms with van der Waals surface area (Å²) in [6.45, 7) is 0. The first-order valence-corrected chi connectivity index (χ1v) is 0. The Hall–Kier alpha value is 0.833. The Kier molecular flexibility index (Phi) is 1130. The molecule has 0 saturated carbocycles. The Morgan fingerprint density at radius 2 is 1.00 bits per heavy atom. The summed E-state index contributed by atoms with van der Waals surface area (Å²) in [5, 5.41) is 0. The molecule has 24 valence electrons. The minimum atomic E-state index is 0. The second-order valence-electron chi connectivity index (χ2n) is 0. The average molecular weight is 136 g/mol. The summed E-state index contributed by atoms with van der Waals surface area (Å²) in [6, 6.07) is 0. The minimum Gasteiger partial charge on any atom is -1.00 e. The molecule has 0 saturated heterocycles. The molecule has 0 heterocycles. The van der Waals surface area contributed by atoms with Gasteiger partial charge in [0.2, 0.25) is 0 Å². The van der Waals surface area contributed by atoms with Gasteiger partial charge in [0.1, 0.15) is 0 Å². The quantitative estimate of drug-likeness (QED) is 0.313. The molecule has 3 N–H and O–H groups in total. The van der Waals surface area contributed by atoms with Crippen molar-refractivity contribution in [3.63, 3.8) is 0 Å². The summed E-state index contributed by atoms with van der Waals surface area (Å²) in [6.07, 6.45) is 0. The van der Waals surface area contributed by atoms with Crippen LogP contribution in [-0.4, -0.2) is 11.0 Å². The molecule has 0 aromatic rings. The van der Waals surface area contributed by atoms with Crippen molar-refractivity contribution >= 4 is 0 Å². The zero-order valence-corrected chi connectivity index (χ0v) is 5.76. The molecule has 0 bridgehead atoms. The number of hydrogen-bond acceptors (Lipinski definition) is 1. The molecular weight excluding hydrogens is 133 g/mol. The Morgan fingerprint density at radius 1 is 1.00 bits per heavy atom. The number of hydrogen-bond donors (Lipinski definition) is 0. The molecule has 0 radical (unpaired) electrons. The van der Waals surface area contributed by atoms with Gasteiger partial charge in [-0.3, -0.25) is 0 Å². The van der Waals surface area contributed by atoms with Gasteiger partial charge in [-0.1, -0.05) is 0 Å². The van der Waals surface area contributed by atoms with E-state index in [1.54, 1.807) is 0 Å². The van der Waals surface area contributed by atoms with Crippen molar-refractivity contribution in [2.24, 2.45) is 0 Å². The van der Waals surface area contributed by atoms with Crippen LogP contribution in [0.5, 0.6) is 0 Å². The summed E-state index contributed by atoms with van der Waals surface area (Å²) >= 11 is 0. The predicted octanol–water partition coefficient (Wildman–Crippen LogP) is -4.00. The molecule has 0 aliphatic rings. The van der Waals surface area contributed by atoms with Gasteiger partial charge >= 0.3 is 19.5 Å². The molecule has 0 amide bonds. The maximum Gasteiger partial charge on any atom is 2.00 e. The van der Waals surface area contributed by atoms with E-state index in [0.29, 0.717) is 0 Å². The van der Waals surface area contributed by atoms with Crippen molar-refractivity contribution in [2.75, 3.05) is 0 Å². The van der Waals surface area contributed by atoms with Crippen molar-refractivity contribution in [2.45, 2.75) is 0 Å². The fourth-order valence-corrected chi connectivity index (χ4v) is 0. The van der Waals surface area contributed by atoms with Crippen LogP contribution in [0.4, 0.5) is 0 Å². The molecule has 0 spiro atoms. The molecule has 2 nitrogen and oxygen atoms in total. The van der Waals surface area contributed by atoms with E-state index in [0.717, 1.165) is 0 Å². The van der Waals surface area contributed by atoms with Gasteiger partial charge < -0.3 is 23.4 Å². The summed E-state index contributed by atoms with van der Waals surface area (Å²) in [5.74, 6) is 0. The Balaban J connectivity index is 0. The van der Waals surface area contributed by atoms with Crippen LogP contribution in [0, 0.1) is 0 Å². The molecule has 0 unspecified atom stereocenters. The molecule has 0 atom stereocenters. The van der Waals surface area contributed by atoms with Crippen molar-refractivity contribution in [1.29, 1.82) is 0 Å². The van der Waals surface area contributed by atoms with E-state index in [2.05, 4.69) is 0 Å². The van der Waals surface area contributed by atoms with Gasteiger partial charge in [-0.25, -0.2) is 0 Å². The second kappa shape index (κ2) is 44.3. The number of rotatable bonds is 0. The largest absolute Gasteiger partial charge is 2.00 e. The van der Waals surface area contributed by atoms with Crippen LogP contribution in [0.15, 0.2) is 0 Å². The van der Waals surface area contributed by atoms with Crippen molar-refractivity contribution in [3.8, 4) is 0 Å².